The van der Waals surface area contributed by atoms with Crippen LogP contribution in [0.1, 0.15) is 25.7 Å². The number of carbonyl (C=O) groups excluding carboxylic acids is 1. The van der Waals surface area contributed by atoms with E-state index in [0.29, 0.717) is 19.6 Å². The molecule has 98 valence electrons. The lowest BCUT2D eigenvalue weighted by Gasteiger charge is -2.30. The third kappa shape index (κ3) is 2.97. The Morgan fingerprint density at radius 1 is 1.35 bits per heavy atom. The van der Waals surface area contributed by atoms with Crippen LogP contribution in [-0.2, 0) is 24.3 Å². The lowest BCUT2D eigenvalue weighted by atomic mass is 9.75. The first-order chi connectivity index (χ1) is 7.91. The minimum absolute atomic E-state index is 0.274. The van der Waals surface area contributed by atoms with Crippen LogP contribution in [0.4, 0.5) is 0 Å². The summed E-state index contributed by atoms with van der Waals surface area (Å²) in [5.74, 6) is -0.626. The second-order valence-corrected chi connectivity index (χ2v) is 6.47. The molecule has 2 aliphatic heterocycles. The topological polar surface area (TPSA) is 95.7 Å². The van der Waals surface area contributed by atoms with Crippen LogP contribution in [0.2, 0.25) is 0 Å². The molecule has 0 aliphatic carbocycles. The zero-order valence-electron chi connectivity index (χ0n) is 9.55. The van der Waals surface area contributed by atoms with Crippen LogP contribution in [0.3, 0.4) is 0 Å². The number of hydrogen-bond donors (Lipinski definition) is 1. The molecule has 0 saturated carbocycles. The van der Waals surface area contributed by atoms with Crippen molar-refractivity contribution in [2.75, 3.05) is 19.0 Å². The van der Waals surface area contributed by atoms with Crippen molar-refractivity contribution in [2.45, 2.75) is 31.8 Å². The number of hydrogen-bond acceptors (Lipinski definition) is 5. The molecule has 2 N–H and O–H groups in total. The lowest BCUT2D eigenvalue weighted by Crippen LogP contribution is -2.38. The van der Waals surface area contributed by atoms with E-state index in [1.54, 1.807) is 0 Å². The van der Waals surface area contributed by atoms with Crippen LogP contribution < -0.4 is 5.14 Å². The van der Waals surface area contributed by atoms with Gasteiger partial charge in [0.1, 0.15) is 11.9 Å². The Kier molecular flexibility index (Phi) is 3.42. The van der Waals surface area contributed by atoms with Gasteiger partial charge in [0.05, 0.1) is 6.42 Å². The highest BCUT2D eigenvalue weighted by Crippen LogP contribution is 2.44. The van der Waals surface area contributed by atoms with Crippen LogP contribution in [0.15, 0.2) is 0 Å². The number of sulfonamides is 1. The van der Waals surface area contributed by atoms with Gasteiger partial charge in [-0.05, 0) is 19.3 Å². The molecule has 17 heavy (non-hydrogen) atoms. The van der Waals surface area contributed by atoms with Crippen LogP contribution >= 0.6 is 0 Å². The van der Waals surface area contributed by atoms with Crippen molar-refractivity contribution in [2.24, 2.45) is 10.6 Å². The fourth-order valence-corrected chi connectivity index (χ4v) is 3.52. The Morgan fingerprint density at radius 3 is 2.82 bits per heavy atom. The molecule has 2 rings (SSSR count). The molecule has 0 aromatic heterocycles. The van der Waals surface area contributed by atoms with Gasteiger partial charge in [-0.25, -0.2) is 13.6 Å². The molecule has 2 aliphatic rings. The second kappa shape index (κ2) is 4.55. The SMILES string of the molecule is NS(=O)(=O)CC1OC(=O)CC12CCCOCC2. The van der Waals surface area contributed by atoms with E-state index in [1.165, 1.54) is 0 Å². The Bertz CT molecular complexity index is 397. The molecular formula is C10H17NO5S. The van der Waals surface area contributed by atoms with Gasteiger partial charge in [-0.1, -0.05) is 0 Å². The average molecular weight is 263 g/mol. The monoisotopic (exact) mass is 263 g/mol. The summed E-state index contributed by atoms with van der Waals surface area (Å²) in [6.45, 7) is 1.19. The predicted molar refractivity (Wildman–Crippen MR) is 59.6 cm³/mol. The summed E-state index contributed by atoms with van der Waals surface area (Å²) >= 11 is 0. The maximum Gasteiger partial charge on any atom is 0.306 e. The fourth-order valence-electron chi connectivity index (χ4n) is 2.68. The van der Waals surface area contributed by atoms with Crippen molar-refractivity contribution in [1.82, 2.24) is 0 Å². The van der Waals surface area contributed by atoms with Gasteiger partial charge >= 0.3 is 5.97 Å². The van der Waals surface area contributed by atoms with Crippen molar-refractivity contribution >= 4 is 16.0 Å². The van der Waals surface area contributed by atoms with E-state index in [9.17, 15) is 13.2 Å². The van der Waals surface area contributed by atoms with E-state index >= 15 is 0 Å². The van der Waals surface area contributed by atoms with Gasteiger partial charge in [-0.2, -0.15) is 0 Å². The predicted octanol–water partition coefficient (Wildman–Crippen LogP) is -0.223. The first-order valence-electron chi connectivity index (χ1n) is 5.69. The van der Waals surface area contributed by atoms with E-state index < -0.39 is 21.5 Å². The van der Waals surface area contributed by atoms with Crippen molar-refractivity contribution in [1.29, 1.82) is 0 Å². The van der Waals surface area contributed by atoms with Gasteiger partial charge < -0.3 is 9.47 Å². The molecule has 2 atom stereocenters. The number of nitrogens with two attached hydrogens (primary N) is 1. The molecule has 0 aromatic carbocycles. The summed E-state index contributed by atoms with van der Waals surface area (Å²) in [6.07, 6.45) is 1.87. The minimum Gasteiger partial charge on any atom is -0.461 e. The Labute approximate surface area is 101 Å². The smallest absolute Gasteiger partial charge is 0.306 e. The van der Waals surface area contributed by atoms with Gasteiger partial charge in [0.15, 0.2) is 0 Å². The molecule has 2 fully saturated rings. The quantitative estimate of drug-likeness (QED) is 0.695. The molecule has 1 spiro atoms. The van der Waals surface area contributed by atoms with Crippen molar-refractivity contribution in [3.8, 4) is 0 Å². The van der Waals surface area contributed by atoms with Crippen LogP contribution in [-0.4, -0.2) is 39.5 Å². The van der Waals surface area contributed by atoms with Crippen LogP contribution in [0.5, 0.6) is 0 Å². The number of ether oxygens (including phenoxy) is 2. The van der Waals surface area contributed by atoms with E-state index in [0.717, 1.165) is 12.8 Å². The number of esters is 1. The summed E-state index contributed by atoms with van der Waals surface area (Å²) in [4.78, 5) is 11.4. The second-order valence-electron chi connectivity index (χ2n) is 4.81. The molecule has 0 amide bonds. The molecule has 0 aromatic rings. The molecule has 6 nitrogen and oxygen atoms in total. The fraction of sp³-hybridized carbons (Fsp3) is 0.900. The average Bonchev–Trinajstić information content (AvgIpc) is 2.37. The summed E-state index contributed by atoms with van der Waals surface area (Å²) in [7, 11) is -3.64. The van der Waals surface area contributed by atoms with Crippen molar-refractivity contribution in [3.63, 3.8) is 0 Å². The summed E-state index contributed by atoms with van der Waals surface area (Å²) in [5, 5.41) is 5.04. The van der Waals surface area contributed by atoms with Gasteiger partial charge in [0, 0.05) is 18.6 Å². The molecule has 2 saturated heterocycles. The molecule has 0 bridgehead atoms. The largest absolute Gasteiger partial charge is 0.461 e. The van der Waals surface area contributed by atoms with E-state index in [2.05, 4.69) is 0 Å². The van der Waals surface area contributed by atoms with Gasteiger partial charge in [-0.15, -0.1) is 0 Å². The standard InChI is InChI=1S/C10H17NO5S/c11-17(13,14)7-8-10(6-9(12)16-8)2-1-4-15-5-3-10/h8H,1-7H2,(H2,11,13,14). The molecule has 7 heteroatoms. The maximum atomic E-state index is 11.4. The van der Waals surface area contributed by atoms with Gasteiger partial charge in [-0.3, -0.25) is 4.79 Å². The summed E-state index contributed by atoms with van der Waals surface area (Å²) in [6, 6.07) is 0. The van der Waals surface area contributed by atoms with Gasteiger partial charge in [0.25, 0.3) is 0 Å². The first kappa shape index (κ1) is 12.8. The third-order valence-electron chi connectivity index (χ3n) is 3.54. The number of primary sulfonamides is 1. The normalized spacial score (nSPS) is 34.6. The minimum atomic E-state index is -3.64. The lowest BCUT2D eigenvalue weighted by molar-refractivity contribution is -0.141. The van der Waals surface area contributed by atoms with Crippen molar-refractivity contribution < 1.29 is 22.7 Å². The first-order valence-corrected chi connectivity index (χ1v) is 7.41. The Morgan fingerprint density at radius 2 is 2.12 bits per heavy atom. The molecular weight excluding hydrogens is 246 g/mol. The van der Waals surface area contributed by atoms with Crippen LogP contribution in [0.25, 0.3) is 0 Å². The maximum absolute atomic E-state index is 11.4. The van der Waals surface area contributed by atoms with Crippen molar-refractivity contribution in [3.05, 3.63) is 0 Å². The highest BCUT2D eigenvalue weighted by Gasteiger charge is 2.50. The van der Waals surface area contributed by atoms with Crippen LogP contribution in [0, 0.1) is 5.41 Å². The molecule has 2 heterocycles. The van der Waals surface area contributed by atoms with E-state index in [4.69, 9.17) is 14.6 Å². The number of cyclic esters (lactones) is 1. The van der Waals surface area contributed by atoms with E-state index in [1.807, 2.05) is 0 Å². The number of carbonyl (C=O) groups is 1. The third-order valence-corrected chi connectivity index (χ3v) is 4.31. The highest BCUT2D eigenvalue weighted by molar-refractivity contribution is 7.89. The Hall–Kier alpha value is -0.660. The molecule has 2 unspecified atom stereocenters. The highest BCUT2D eigenvalue weighted by atomic mass is 32.2. The molecule has 0 radical (unpaired) electrons. The summed E-state index contributed by atoms with van der Waals surface area (Å²) < 4.78 is 32.8. The Balaban J connectivity index is 2.19. The van der Waals surface area contributed by atoms with E-state index in [-0.39, 0.29) is 18.1 Å². The zero-order chi connectivity index (χ0) is 12.5. The zero-order valence-corrected chi connectivity index (χ0v) is 10.4. The number of rotatable bonds is 2. The summed E-state index contributed by atoms with van der Waals surface area (Å²) in [5.41, 5.74) is -0.403. The van der Waals surface area contributed by atoms with Gasteiger partial charge in [0.2, 0.25) is 10.0 Å².